The number of piperidine rings is 2. The summed E-state index contributed by atoms with van der Waals surface area (Å²) in [5.41, 5.74) is -0.408. The minimum Gasteiger partial charge on any atom is -0.444 e. The third kappa shape index (κ3) is 5.97. The van der Waals surface area contributed by atoms with Gasteiger partial charge < -0.3 is 24.4 Å². The fourth-order valence-corrected chi connectivity index (χ4v) is 5.13. The summed E-state index contributed by atoms with van der Waals surface area (Å²) in [6.45, 7) is 5.73. The van der Waals surface area contributed by atoms with E-state index in [1.54, 1.807) is 7.11 Å². The van der Waals surface area contributed by atoms with Crippen molar-refractivity contribution >= 4 is 18.5 Å². The minimum absolute atomic E-state index is 0. The Hall–Kier alpha value is -0.560. The van der Waals surface area contributed by atoms with E-state index in [-0.39, 0.29) is 18.5 Å². The lowest BCUT2D eigenvalue weighted by molar-refractivity contribution is -0.0213. The fraction of sp³-hybridized carbons (Fsp3) is 0.952. The Morgan fingerprint density at radius 1 is 0.857 bits per heavy atom. The Kier molecular flexibility index (Phi) is 8.44. The Balaban J connectivity index is 0.000000217. The summed E-state index contributed by atoms with van der Waals surface area (Å²) in [4.78, 5) is 14.1. The molecule has 0 aromatic rings. The summed E-state index contributed by atoms with van der Waals surface area (Å²) < 4.78 is 16.2. The molecule has 4 aliphatic rings. The van der Waals surface area contributed by atoms with Crippen molar-refractivity contribution in [1.82, 2.24) is 10.2 Å². The molecule has 4 aliphatic heterocycles. The number of halogens is 1. The maximum absolute atomic E-state index is 12.1. The third-order valence-electron chi connectivity index (χ3n) is 6.39. The summed E-state index contributed by atoms with van der Waals surface area (Å²) in [5, 5.41) is 3.57. The van der Waals surface area contributed by atoms with Crippen molar-refractivity contribution in [2.24, 2.45) is 0 Å². The zero-order chi connectivity index (χ0) is 19.6. The molecule has 6 nitrogen and oxygen atoms in total. The van der Waals surface area contributed by atoms with Gasteiger partial charge in [0.25, 0.3) is 0 Å². The smallest absolute Gasteiger partial charge is 0.410 e. The van der Waals surface area contributed by atoms with Crippen LogP contribution in [0.5, 0.6) is 0 Å². The first-order valence-corrected chi connectivity index (χ1v) is 10.6. The number of methoxy groups -OCH3 is 2. The van der Waals surface area contributed by atoms with Gasteiger partial charge >= 0.3 is 6.09 Å². The number of hydrogen-bond donors (Lipinski definition) is 1. The average Bonchev–Trinajstić information content (AvgIpc) is 3.09. The van der Waals surface area contributed by atoms with Gasteiger partial charge in [0.15, 0.2) is 0 Å². The Labute approximate surface area is 176 Å². The molecule has 28 heavy (non-hydrogen) atoms. The first kappa shape index (κ1) is 23.7. The van der Waals surface area contributed by atoms with Gasteiger partial charge in [-0.05, 0) is 72.1 Å². The van der Waals surface area contributed by atoms with E-state index < -0.39 is 5.60 Å². The average molecular weight is 419 g/mol. The van der Waals surface area contributed by atoms with E-state index in [4.69, 9.17) is 14.2 Å². The highest BCUT2D eigenvalue weighted by molar-refractivity contribution is 5.85. The number of rotatable bonds is 2. The van der Waals surface area contributed by atoms with Gasteiger partial charge in [0.2, 0.25) is 0 Å². The van der Waals surface area contributed by atoms with Crippen LogP contribution >= 0.6 is 12.4 Å². The fourth-order valence-electron chi connectivity index (χ4n) is 5.13. The second-order valence-electron chi connectivity index (χ2n) is 9.57. The zero-order valence-electron chi connectivity index (χ0n) is 18.1. The highest BCUT2D eigenvalue weighted by atomic mass is 35.5. The van der Waals surface area contributed by atoms with Crippen LogP contribution in [0.25, 0.3) is 0 Å². The topological polar surface area (TPSA) is 60.0 Å². The molecule has 4 heterocycles. The van der Waals surface area contributed by atoms with E-state index >= 15 is 0 Å². The molecule has 4 rings (SSSR count). The Morgan fingerprint density at radius 2 is 1.32 bits per heavy atom. The van der Waals surface area contributed by atoms with Crippen LogP contribution in [0.15, 0.2) is 0 Å². The molecule has 0 spiro atoms. The van der Waals surface area contributed by atoms with Crippen molar-refractivity contribution in [2.45, 2.75) is 114 Å². The number of ether oxygens (including phenoxy) is 3. The van der Waals surface area contributed by atoms with Crippen LogP contribution in [-0.2, 0) is 14.2 Å². The summed E-state index contributed by atoms with van der Waals surface area (Å²) in [6.07, 6.45) is 9.96. The molecular formula is C21H39ClN2O4. The van der Waals surface area contributed by atoms with Gasteiger partial charge in [0.1, 0.15) is 5.60 Å². The zero-order valence-corrected chi connectivity index (χ0v) is 18.9. The predicted molar refractivity (Wildman–Crippen MR) is 112 cm³/mol. The Morgan fingerprint density at radius 3 is 1.75 bits per heavy atom. The van der Waals surface area contributed by atoms with Crippen LogP contribution in [0, 0.1) is 0 Å². The maximum Gasteiger partial charge on any atom is 0.410 e. The monoisotopic (exact) mass is 418 g/mol. The molecule has 2 unspecified atom stereocenters. The van der Waals surface area contributed by atoms with Crippen LogP contribution in [-0.4, -0.2) is 67.2 Å². The largest absolute Gasteiger partial charge is 0.444 e. The lowest BCUT2D eigenvalue weighted by Crippen LogP contribution is -2.50. The lowest BCUT2D eigenvalue weighted by atomic mass is 10.0. The molecule has 0 radical (unpaired) electrons. The van der Waals surface area contributed by atoms with Crippen LogP contribution < -0.4 is 5.32 Å². The molecule has 0 saturated carbocycles. The quantitative estimate of drug-likeness (QED) is 0.736. The number of carbonyl (C=O) groups is 1. The van der Waals surface area contributed by atoms with Crippen molar-refractivity contribution < 1.29 is 19.0 Å². The SMILES string of the molecule is COC1C[C@H]2CC[C@@H](C1)N2.COC1C[C@H]2CC[C@@H](C1)N2C(=O)OC(C)(C)C.Cl. The van der Waals surface area contributed by atoms with Gasteiger partial charge in [-0.2, -0.15) is 0 Å². The number of fused-ring (bicyclic) bond motifs is 4. The second kappa shape index (κ2) is 9.96. The molecule has 4 saturated heterocycles. The number of nitrogens with zero attached hydrogens (tertiary/aromatic N) is 1. The molecule has 1 amide bonds. The van der Waals surface area contributed by atoms with Crippen LogP contribution in [0.3, 0.4) is 0 Å². The van der Waals surface area contributed by atoms with E-state index in [1.165, 1.54) is 25.7 Å². The first-order valence-electron chi connectivity index (χ1n) is 10.6. The first-order chi connectivity index (χ1) is 12.8. The summed E-state index contributed by atoms with van der Waals surface area (Å²) in [6, 6.07) is 2.16. The van der Waals surface area contributed by atoms with E-state index in [0.29, 0.717) is 24.3 Å². The molecule has 0 aliphatic carbocycles. The molecule has 0 aromatic heterocycles. The van der Waals surface area contributed by atoms with Crippen molar-refractivity contribution in [3.05, 3.63) is 0 Å². The molecule has 6 atom stereocenters. The molecule has 4 bridgehead atoms. The molecule has 0 aromatic carbocycles. The van der Waals surface area contributed by atoms with E-state index in [2.05, 4.69) is 5.32 Å². The van der Waals surface area contributed by atoms with Crippen molar-refractivity contribution in [2.75, 3.05) is 14.2 Å². The van der Waals surface area contributed by atoms with Gasteiger partial charge in [0.05, 0.1) is 12.2 Å². The van der Waals surface area contributed by atoms with Crippen molar-refractivity contribution in [3.8, 4) is 0 Å². The molecule has 1 N–H and O–H groups in total. The number of carbonyl (C=O) groups excluding carboxylic acids is 1. The maximum atomic E-state index is 12.1. The summed E-state index contributed by atoms with van der Waals surface area (Å²) in [5.74, 6) is 0. The summed E-state index contributed by atoms with van der Waals surface area (Å²) >= 11 is 0. The van der Waals surface area contributed by atoms with Gasteiger partial charge in [-0.3, -0.25) is 0 Å². The van der Waals surface area contributed by atoms with Crippen LogP contribution in [0.1, 0.15) is 72.1 Å². The molecule has 164 valence electrons. The highest BCUT2D eigenvalue weighted by Crippen LogP contribution is 2.37. The van der Waals surface area contributed by atoms with E-state index in [0.717, 1.165) is 37.8 Å². The van der Waals surface area contributed by atoms with E-state index in [1.807, 2.05) is 32.8 Å². The number of nitrogens with one attached hydrogen (secondary N) is 1. The summed E-state index contributed by atoms with van der Waals surface area (Å²) in [7, 11) is 3.59. The van der Waals surface area contributed by atoms with Gasteiger partial charge in [-0.15, -0.1) is 12.4 Å². The predicted octanol–water partition coefficient (Wildman–Crippen LogP) is 3.90. The molecular weight excluding hydrogens is 380 g/mol. The molecule has 4 fully saturated rings. The molecule has 7 heteroatoms. The van der Waals surface area contributed by atoms with Crippen molar-refractivity contribution in [3.63, 3.8) is 0 Å². The van der Waals surface area contributed by atoms with Gasteiger partial charge in [0, 0.05) is 38.4 Å². The highest BCUT2D eigenvalue weighted by Gasteiger charge is 2.44. The van der Waals surface area contributed by atoms with Gasteiger partial charge in [-0.25, -0.2) is 4.79 Å². The number of amides is 1. The second-order valence-corrected chi connectivity index (χ2v) is 9.57. The van der Waals surface area contributed by atoms with Crippen molar-refractivity contribution in [1.29, 1.82) is 0 Å². The van der Waals surface area contributed by atoms with Crippen LogP contribution in [0.4, 0.5) is 4.79 Å². The number of hydrogen-bond acceptors (Lipinski definition) is 5. The third-order valence-corrected chi connectivity index (χ3v) is 6.39. The Bertz CT molecular complexity index is 487. The standard InChI is InChI=1S/C13H23NO3.C8H15NO.ClH/c1-13(2,3)17-12(15)14-9-5-6-10(14)8-11(7-9)16-4;1-10-8-4-6-2-3-7(5-8)9-6;/h9-11H,5-8H2,1-4H3;6-9H,2-5H2,1H3;1H/t9-,10+,11?;6-,7+,8?;. The minimum atomic E-state index is -0.408. The van der Waals surface area contributed by atoms with Crippen LogP contribution in [0.2, 0.25) is 0 Å². The van der Waals surface area contributed by atoms with Gasteiger partial charge in [-0.1, -0.05) is 0 Å². The lowest BCUT2D eigenvalue weighted by Gasteiger charge is -2.38. The normalized spacial score (nSPS) is 36.2. The van der Waals surface area contributed by atoms with E-state index in [9.17, 15) is 4.79 Å².